The van der Waals surface area contributed by atoms with Crippen LogP contribution in [0.2, 0.25) is 0 Å². The van der Waals surface area contributed by atoms with Gasteiger partial charge in [-0.05, 0) is 13.8 Å². The van der Waals surface area contributed by atoms with E-state index in [9.17, 15) is 18.0 Å². The van der Waals surface area contributed by atoms with Crippen molar-refractivity contribution in [2.45, 2.75) is 25.9 Å². The van der Waals surface area contributed by atoms with Gasteiger partial charge in [0.05, 0.1) is 12.6 Å². The van der Waals surface area contributed by atoms with Crippen molar-refractivity contribution in [3.8, 4) is 0 Å². The first kappa shape index (κ1) is 21.6. The van der Waals surface area contributed by atoms with Crippen LogP contribution in [0.3, 0.4) is 0 Å². The topological polar surface area (TPSA) is 170 Å². The van der Waals surface area contributed by atoms with Crippen LogP contribution in [0.1, 0.15) is 13.8 Å². The van der Waals surface area contributed by atoms with Crippen molar-refractivity contribution in [3.63, 3.8) is 0 Å². The van der Waals surface area contributed by atoms with Crippen molar-refractivity contribution in [3.05, 3.63) is 0 Å². The van der Waals surface area contributed by atoms with E-state index in [0.29, 0.717) is 0 Å². The fraction of sp³-hybridized carbons (Fsp3) is 0.625. The molecule has 1 saturated heterocycles. The monoisotopic (exact) mass is 319 g/mol. The van der Waals surface area contributed by atoms with Gasteiger partial charge in [-0.2, -0.15) is 8.42 Å². The summed E-state index contributed by atoms with van der Waals surface area (Å²) in [4.78, 5) is 31.0. The number of carbonyl (C=O) groups excluding carboxylic acids is 3. The number of hydrogen-bond acceptors (Lipinski definition) is 7. The number of β-lactam (4-membered cyclic amide) rings is 1. The predicted molar refractivity (Wildman–Crippen MR) is 59.5 cm³/mol. The van der Waals surface area contributed by atoms with Gasteiger partial charge in [-0.1, -0.05) is 0 Å². The molecule has 0 spiro atoms. The number of carboxylic acids is 1. The first-order valence-corrected chi connectivity index (χ1v) is 6.39. The van der Waals surface area contributed by atoms with Crippen LogP contribution < -0.4 is 45.7 Å². The first-order valence-electron chi connectivity index (χ1n) is 4.99. The van der Waals surface area contributed by atoms with Gasteiger partial charge in [0.2, 0.25) is 5.91 Å². The molecule has 1 fully saturated rings. The summed E-state index contributed by atoms with van der Waals surface area (Å²) in [5, 5.41) is 11.1. The van der Waals surface area contributed by atoms with Crippen LogP contribution >= 0.6 is 0 Å². The Balaban J connectivity index is 0. The molecule has 20 heavy (non-hydrogen) atoms. The van der Waals surface area contributed by atoms with Gasteiger partial charge in [0, 0.05) is 5.97 Å². The zero-order valence-corrected chi connectivity index (χ0v) is 14.0. The third-order valence-electron chi connectivity index (χ3n) is 1.90. The Kier molecular flexibility index (Phi) is 9.21. The standard InChI is InChI=1S/C6H11N3O5S.C2H4O2.Na/c1-3(7)5(10)8-4-2-9(6(4)11)15(12,13)14;1-2(3)4;/h3-4H,2,7H2,1H3,(H,8,10)(H,12,13,14);1H3,(H,3,4);/q;;+1/p-1/t3-,4?;;/m1../s1. The summed E-state index contributed by atoms with van der Waals surface area (Å²) in [7, 11) is -4.50. The number of hydrogen-bond donors (Lipinski definition) is 3. The average Bonchev–Trinajstić information content (AvgIpc) is 2.19. The van der Waals surface area contributed by atoms with Crippen molar-refractivity contribution in [2.75, 3.05) is 6.54 Å². The summed E-state index contributed by atoms with van der Waals surface area (Å²) >= 11 is 0. The molecule has 0 aromatic carbocycles. The zero-order valence-electron chi connectivity index (χ0n) is 11.2. The SMILES string of the molecule is CC(=O)[O-].C[C@@H](N)C(=O)NC1CN(S(=O)(=O)O)C1=O.[Na+]. The number of nitrogens with two attached hydrogens (primary N) is 1. The second kappa shape index (κ2) is 8.54. The van der Waals surface area contributed by atoms with E-state index in [1.54, 1.807) is 0 Å². The molecule has 12 heteroatoms. The minimum Gasteiger partial charge on any atom is -0.550 e. The molecule has 1 heterocycles. The molecule has 0 bridgehead atoms. The van der Waals surface area contributed by atoms with Gasteiger partial charge in [-0.3, -0.25) is 14.1 Å². The molecule has 0 aromatic rings. The van der Waals surface area contributed by atoms with Crippen LogP contribution in [0.4, 0.5) is 0 Å². The van der Waals surface area contributed by atoms with Gasteiger partial charge in [-0.25, -0.2) is 4.31 Å². The van der Waals surface area contributed by atoms with Crippen molar-refractivity contribution >= 4 is 28.1 Å². The number of amides is 2. The van der Waals surface area contributed by atoms with Gasteiger partial charge < -0.3 is 21.0 Å². The van der Waals surface area contributed by atoms with E-state index < -0.39 is 40.2 Å². The molecule has 2 amide bonds. The van der Waals surface area contributed by atoms with Gasteiger partial charge in [0.25, 0.3) is 5.91 Å². The molecule has 1 aliphatic heterocycles. The predicted octanol–water partition coefficient (Wildman–Crippen LogP) is -6.78. The Morgan fingerprint density at radius 3 is 2.20 bits per heavy atom. The normalized spacial score (nSPS) is 18.7. The van der Waals surface area contributed by atoms with Crippen LogP contribution in [0, 0.1) is 0 Å². The van der Waals surface area contributed by atoms with E-state index in [1.165, 1.54) is 6.92 Å². The van der Waals surface area contributed by atoms with Crippen LogP contribution in [0.5, 0.6) is 0 Å². The van der Waals surface area contributed by atoms with E-state index in [0.717, 1.165) is 6.92 Å². The Labute approximate surface area is 137 Å². The van der Waals surface area contributed by atoms with Crippen molar-refractivity contribution in [1.29, 1.82) is 0 Å². The smallest absolute Gasteiger partial charge is 0.550 e. The van der Waals surface area contributed by atoms with Crippen LogP contribution in [-0.4, -0.2) is 53.7 Å². The number of carbonyl (C=O) groups is 3. The quantitative estimate of drug-likeness (QED) is 0.262. The average molecular weight is 319 g/mol. The van der Waals surface area contributed by atoms with Crippen LogP contribution in [-0.2, 0) is 24.7 Å². The van der Waals surface area contributed by atoms with Gasteiger partial charge in [-0.15, -0.1) is 0 Å². The summed E-state index contributed by atoms with van der Waals surface area (Å²) < 4.78 is 29.8. The second-order valence-electron chi connectivity index (χ2n) is 3.69. The third kappa shape index (κ3) is 7.17. The summed E-state index contributed by atoms with van der Waals surface area (Å²) in [6.07, 6.45) is 0. The summed E-state index contributed by atoms with van der Waals surface area (Å²) in [6, 6.07) is -1.71. The summed E-state index contributed by atoms with van der Waals surface area (Å²) in [5.41, 5.74) is 5.22. The number of nitrogens with one attached hydrogen (secondary N) is 1. The van der Waals surface area contributed by atoms with E-state index in [1.807, 2.05) is 0 Å². The number of nitrogens with zero attached hydrogens (tertiary/aromatic N) is 1. The molecule has 110 valence electrons. The molecule has 0 aromatic heterocycles. The Morgan fingerprint density at radius 2 is 1.95 bits per heavy atom. The van der Waals surface area contributed by atoms with Crippen molar-refractivity contribution in [2.24, 2.45) is 5.73 Å². The van der Waals surface area contributed by atoms with Gasteiger partial charge >= 0.3 is 39.9 Å². The maximum Gasteiger partial charge on any atom is 1.00 e. The second-order valence-corrected chi connectivity index (χ2v) is 5.03. The zero-order chi connectivity index (χ0) is 15.4. The maximum absolute atomic E-state index is 11.1. The fourth-order valence-corrected chi connectivity index (χ4v) is 1.71. The van der Waals surface area contributed by atoms with Crippen molar-refractivity contribution < 1.29 is 62.0 Å². The molecule has 0 saturated carbocycles. The molecule has 2 atom stereocenters. The fourth-order valence-electron chi connectivity index (χ4n) is 1.01. The summed E-state index contributed by atoms with van der Waals surface area (Å²) in [6.45, 7) is 2.13. The summed E-state index contributed by atoms with van der Waals surface area (Å²) in [5.74, 6) is -2.50. The van der Waals surface area contributed by atoms with Gasteiger partial charge in [0.1, 0.15) is 6.04 Å². The Morgan fingerprint density at radius 1 is 1.55 bits per heavy atom. The number of rotatable bonds is 3. The van der Waals surface area contributed by atoms with Gasteiger partial charge in [0.15, 0.2) is 0 Å². The molecule has 0 radical (unpaired) electrons. The molecule has 1 unspecified atom stereocenters. The van der Waals surface area contributed by atoms with E-state index in [-0.39, 0.29) is 40.4 Å². The van der Waals surface area contributed by atoms with Crippen LogP contribution in [0.15, 0.2) is 0 Å². The molecule has 4 N–H and O–H groups in total. The molecule has 1 rings (SSSR count). The molecular formula is C8H14N3NaO7S. The molecule has 10 nitrogen and oxygen atoms in total. The molecule has 0 aliphatic carbocycles. The Bertz CT molecular complexity index is 474. The largest absolute Gasteiger partial charge is 1.00 e. The third-order valence-corrected chi connectivity index (χ3v) is 2.79. The van der Waals surface area contributed by atoms with E-state index >= 15 is 0 Å². The van der Waals surface area contributed by atoms with Crippen LogP contribution in [0.25, 0.3) is 0 Å². The molecule has 1 aliphatic rings. The minimum absolute atomic E-state index is 0. The first-order chi connectivity index (χ1) is 8.46. The number of carboxylic acid groups (broad SMARTS) is 1. The molecular weight excluding hydrogens is 305 g/mol. The van der Waals surface area contributed by atoms with E-state index in [2.05, 4.69) is 5.32 Å². The Hall–Kier alpha value is -0.720. The van der Waals surface area contributed by atoms with Crippen molar-refractivity contribution in [1.82, 2.24) is 9.62 Å². The van der Waals surface area contributed by atoms with E-state index in [4.69, 9.17) is 20.2 Å². The minimum atomic E-state index is -4.50. The maximum atomic E-state index is 11.1. The number of aliphatic carboxylic acids is 1.